The highest BCUT2D eigenvalue weighted by Crippen LogP contribution is 2.20. The van der Waals surface area contributed by atoms with E-state index in [9.17, 15) is 0 Å². The van der Waals surface area contributed by atoms with E-state index in [0.29, 0.717) is 6.04 Å². The Morgan fingerprint density at radius 1 is 0.952 bits per heavy atom. The number of rotatable bonds is 6. The second kappa shape index (κ2) is 7.80. The maximum absolute atomic E-state index is 3.49. The molecule has 0 bridgehead atoms. The second-order valence-electron chi connectivity index (χ2n) is 5.68. The lowest BCUT2D eigenvalue weighted by Gasteiger charge is -2.10. The Morgan fingerprint density at radius 3 is 2.14 bits per heavy atom. The maximum Gasteiger partial charge on any atom is 0.0170 e. The van der Waals surface area contributed by atoms with Crippen LogP contribution in [0, 0.1) is 0 Å². The first-order chi connectivity index (χ1) is 10.2. The third-order valence-corrected chi connectivity index (χ3v) is 3.58. The molecule has 110 valence electrons. The van der Waals surface area contributed by atoms with Crippen LogP contribution in [-0.2, 0) is 0 Å². The number of hydrogen-bond donors (Lipinski definition) is 1. The zero-order chi connectivity index (χ0) is 15.1. The van der Waals surface area contributed by atoms with Crippen molar-refractivity contribution >= 4 is 6.08 Å². The van der Waals surface area contributed by atoms with Crippen LogP contribution in [0.15, 0.2) is 60.2 Å². The van der Waals surface area contributed by atoms with E-state index in [0.717, 1.165) is 13.0 Å². The van der Waals surface area contributed by atoms with Crippen LogP contribution in [0.4, 0.5) is 0 Å². The van der Waals surface area contributed by atoms with E-state index in [4.69, 9.17) is 0 Å². The minimum Gasteiger partial charge on any atom is -0.311 e. The topological polar surface area (TPSA) is 12.0 Å². The highest BCUT2D eigenvalue weighted by Gasteiger charge is 1.99. The van der Waals surface area contributed by atoms with Crippen LogP contribution in [0.2, 0.25) is 0 Å². The van der Waals surface area contributed by atoms with Gasteiger partial charge in [0.15, 0.2) is 0 Å². The normalized spacial score (nSPS) is 11.9. The summed E-state index contributed by atoms with van der Waals surface area (Å²) >= 11 is 0. The minimum atomic E-state index is 0.528. The van der Waals surface area contributed by atoms with Gasteiger partial charge in [0, 0.05) is 12.6 Å². The zero-order valence-corrected chi connectivity index (χ0v) is 13.3. The Morgan fingerprint density at radius 2 is 1.57 bits per heavy atom. The Hall–Kier alpha value is -1.86. The summed E-state index contributed by atoms with van der Waals surface area (Å²) in [6.45, 7) is 7.55. The predicted molar refractivity (Wildman–Crippen MR) is 93.3 cm³/mol. The fourth-order valence-electron chi connectivity index (χ4n) is 2.25. The van der Waals surface area contributed by atoms with Crippen molar-refractivity contribution in [1.82, 2.24) is 5.32 Å². The molecule has 0 saturated carbocycles. The lowest BCUT2D eigenvalue weighted by molar-refractivity contribution is 0.617. The average Bonchev–Trinajstić information content (AvgIpc) is 2.52. The molecule has 1 heteroatoms. The minimum absolute atomic E-state index is 0.528. The molecule has 0 amide bonds. The summed E-state index contributed by atoms with van der Waals surface area (Å²) in [4.78, 5) is 0. The van der Waals surface area contributed by atoms with Gasteiger partial charge in [-0.3, -0.25) is 0 Å². The molecule has 2 aromatic rings. The predicted octanol–water partition coefficient (Wildman–Crippen LogP) is 5.15. The van der Waals surface area contributed by atoms with Crippen molar-refractivity contribution in [2.24, 2.45) is 0 Å². The molecule has 21 heavy (non-hydrogen) atoms. The summed E-state index contributed by atoms with van der Waals surface area (Å²) in [6.07, 6.45) is 3.38. The van der Waals surface area contributed by atoms with Crippen LogP contribution in [0.25, 0.3) is 17.2 Å². The molecule has 0 saturated heterocycles. The fraction of sp³-hybridized carbons (Fsp3) is 0.300. The summed E-state index contributed by atoms with van der Waals surface area (Å²) in [5, 5.41) is 3.49. The van der Waals surface area contributed by atoms with Crippen molar-refractivity contribution in [2.75, 3.05) is 6.54 Å². The van der Waals surface area contributed by atoms with E-state index < -0.39 is 0 Å². The fourth-order valence-corrected chi connectivity index (χ4v) is 2.25. The molecule has 0 unspecified atom stereocenters. The number of hydrogen-bond acceptors (Lipinski definition) is 1. The molecular weight excluding hydrogens is 254 g/mol. The number of benzene rings is 2. The number of nitrogens with one attached hydrogen (secondary N) is 1. The molecule has 0 aliphatic heterocycles. The van der Waals surface area contributed by atoms with Gasteiger partial charge in [-0.15, -0.1) is 0 Å². The first-order valence-electron chi connectivity index (χ1n) is 7.77. The maximum atomic E-state index is 3.49. The lowest BCUT2D eigenvalue weighted by Crippen LogP contribution is -2.24. The molecule has 0 fully saturated rings. The van der Waals surface area contributed by atoms with Crippen molar-refractivity contribution in [3.05, 3.63) is 65.7 Å². The van der Waals surface area contributed by atoms with Crippen molar-refractivity contribution in [2.45, 2.75) is 33.2 Å². The molecule has 2 rings (SSSR count). The molecule has 0 heterocycles. The van der Waals surface area contributed by atoms with E-state index in [1.807, 2.05) is 0 Å². The highest BCUT2D eigenvalue weighted by atomic mass is 14.9. The van der Waals surface area contributed by atoms with Crippen LogP contribution in [0.3, 0.4) is 0 Å². The van der Waals surface area contributed by atoms with Gasteiger partial charge in [-0.1, -0.05) is 87.0 Å². The average molecular weight is 279 g/mol. The first-order valence-corrected chi connectivity index (χ1v) is 7.77. The Balaban J connectivity index is 2.11. The van der Waals surface area contributed by atoms with E-state index in [-0.39, 0.29) is 0 Å². The SMILES string of the molecule is CCC(=Cc1ccc(-c2ccccc2)cc1)CNC(C)C. The molecular formula is C20H25N. The van der Waals surface area contributed by atoms with E-state index in [1.54, 1.807) is 0 Å². The van der Waals surface area contributed by atoms with Gasteiger partial charge in [-0.05, 0) is 23.1 Å². The van der Waals surface area contributed by atoms with Crippen molar-refractivity contribution in [1.29, 1.82) is 0 Å². The quantitative estimate of drug-likeness (QED) is 0.771. The van der Waals surface area contributed by atoms with Gasteiger partial charge in [0.2, 0.25) is 0 Å². The summed E-state index contributed by atoms with van der Waals surface area (Å²) in [5.74, 6) is 0. The Labute approximate surface area is 128 Å². The van der Waals surface area contributed by atoms with Gasteiger partial charge >= 0.3 is 0 Å². The summed E-state index contributed by atoms with van der Waals surface area (Å²) in [5.41, 5.74) is 5.25. The van der Waals surface area contributed by atoms with Gasteiger partial charge in [0.1, 0.15) is 0 Å². The summed E-state index contributed by atoms with van der Waals surface area (Å²) in [6, 6.07) is 19.8. The molecule has 0 atom stereocenters. The summed E-state index contributed by atoms with van der Waals surface area (Å²) < 4.78 is 0. The van der Waals surface area contributed by atoms with Gasteiger partial charge in [0.05, 0.1) is 0 Å². The van der Waals surface area contributed by atoms with Gasteiger partial charge in [-0.2, -0.15) is 0 Å². The van der Waals surface area contributed by atoms with Gasteiger partial charge in [-0.25, -0.2) is 0 Å². The monoisotopic (exact) mass is 279 g/mol. The highest BCUT2D eigenvalue weighted by molar-refractivity contribution is 5.66. The van der Waals surface area contributed by atoms with E-state index in [2.05, 4.69) is 86.8 Å². The van der Waals surface area contributed by atoms with Crippen LogP contribution < -0.4 is 5.32 Å². The van der Waals surface area contributed by atoms with Crippen molar-refractivity contribution < 1.29 is 0 Å². The smallest absolute Gasteiger partial charge is 0.0170 e. The van der Waals surface area contributed by atoms with Gasteiger partial charge in [0.25, 0.3) is 0 Å². The first kappa shape index (κ1) is 15.5. The van der Waals surface area contributed by atoms with Crippen LogP contribution >= 0.6 is 0 Å². The molecule has 0 aliphatic carbocycles. The van der Waals surface area contributed by atoms with Crippen LogP contribution in [0.1, 0.15) is 32.8 Å². The standard InChI is InChI=1S/C20H25N/c1-4-17(15-21-16(2)3)14-18-10-12-20(13-11-18)19-8-6-5-7-9-19/h5-14,16,21H,4,15H2,1-3H3. The van der Waals surface area contributed by atoms with Gasteiger partial charge < -0.3 is 5.32 Å². The molecule has 0 aromatic heterocycles. The molecule has 0 spiro atoms. The van der Waals surface area contributed by atoms with Crippen molar-refractivity contribution in [3.63, 3.8) is 0 Å². The zero-order valence-electron chi connectivity index (χ0n) is 13.3. The summed E-state index contributed by atoms with van der Waals surface area (Å²) in [7, 11) is 0. The van der Waals surface area contributed by atoms with Crippen LogP contribution in [-0.4, -0.2) is 12.6 Å². The molecule has 2 aromatic carbocycles. The Kier molecular flexibility index (Phi) is 5.77. The Bertz CT molecular complexity index is 565. The van der Waals surface area contributed by atoms with Crippen LogP contribution in [0.5, 0.6) is 0 Å². The second-order valence-corrected chi connectivity index (χ2v) is 5.68. The third-order valence-electron chi connectivity index (χ3n) is 3.58. The molecule has 1 nitrogen and oxygen atoms in total. The molecule has 0 aliphatic rings. The molecule has 1 N–H and O–H groups in total. The van der Waals surface area contributed by atoms with E-state index >= 15 is 0 Å². The lowest BCUT2D eigenvalue weighted by atomic mass is 10.0. The largest absolute Gasteiger partial charge is 0.311 e. The molecule has 0 radical (unpaired) electrons. The third kappa shape index (κ3) is 4.87. The van der Waals surface area contributed by atoms with E-state index in [1.165, 1.54) is 22.3 Å². The van der Waals surface area contributed by atoms with Crippen molar-refractivity contribution in [3.8, 4) is 11.1 Å².